The van der Waals surface area contributed by atoms with Gasteiger partial charge in [0.15, 0.2) is 5.90 Å². The minimum Gasteiger partial charge on any atom is -0.532 e. The molecule has 1 unspecified atom stereocenters. The Balaban J connectivity index is 2.17. The molecule has 0 saturated carbocycles. The van der Waals surface area contributed by atoms with Crippen molar-refractivity contribution < 1.29 is 4.43 Å². The van der Waals surface area contributed by atoms with Crippen LogP contribution in [0, 0.1) is 5.92 Å². The highest BCUT2D eigenvalue weighted by Gasteiger charge is 2.41. The van der Waals surface area contributed by atoms with Gasteiger partial charge in [-0.15, -0.1) is 5.10 Å². The van der Waals surface area contributed by atoms with Gasteiger partial charge in [0, 0.05) is 0 Å². The van der Waals surface area contributed by atoms with Crippen molar-refractivity contribution >= 4 is 19.9 Å². The zero-order valence-electron chi connectivity index (χ0n) is 13.5. The second-order valence-electron chi connectivity index (χ2n) is 7.12. The number of para-hydroxylation sites is 1. The lowest BCUT2D eigenvalue weighted by Gasteiger charge is -2.36. The molecule has 0 saturated heterocycles. The molecule has 0 bridgehead atoms. The smallest absolute Gasteiger partial charge is 0.252 e. The monoisotopic (exact) mass is 290 g/mol. The van der Waals surface area contributed by atoms with Crippen LogP contribution in [0.25, 0.3) is 0 Å². The van der Waals surface area contributed by atoms with E-state index in [2.05, 4.69) is 52.9 Å². The van der Waals surface area contributed by atoms with E-state index in [1.807, 2.05) is 23.2 Å². The maximum atomic E-state index is 6.37. The fourth-order valence-electron chi connectivity index (χ4n) is 1.89. The summed E-state index contributed by atoms with van der Waals surface area (Å²) in [6.45, 7) is 14.4. The first kappa shape index (κ1) is 15.1. The Bertz CT molecular complexity index is 491. The van der Waals surface area contributed by atoms with Gasteiger partial charge in [-0.3, -0.25) is 5.01 Å². The zero-order valence-corrected chi connectivity index (χ0v) is 14.5. The van der Waals surface area contributed by atoms with Gasteiger partial charge < -0.3 is 4.43 Å². The summed E-state index contributed by atoms with van der Waals surface area (Å²) in [6.07, 6.45) is 0. The normalized spacial score (nSPS) is 20.0. The van der Waals surface area contributed by atoms with Crippen LogP contribution in [-0.4, -0.2) is 20.8 Å². The Kier molecular flexibility index (Phi) is 3.96. The van der Waals surface area contributed by atoms with Crippen molar-refractivity contribution in [3.05, 3.63) is 30.3 Å². The molecule has 0 radical (unpaired) electrons. The molecule has 1 aliphatic heterocycles. The third-order valence-corrected chi connectivity index (χ3v) is 8.64. The van der Waals surface area contributed by atoms with Crippen molar-refractivity contribution in [3.8, 4) is 0 Å². The molecule has 3 nitrogen and oxygen atoms in total. The van der Waals surface area contributed by atoms with Crippen LogP contribution < -0.4 is 5.01 Å². The highest BCUT2D eigenvalue weighted by molar-refractivity contribution is 6.75. The van der Waals surface area contributed by atoms with Crippen LogP contribution in [0.2, 0.25) is 18.1 Å². The summed E-state index contributed by atoms with van der Waals surface area (Å²) in [6, 6.07) is 10.3. The molecule has 0 amide bonds. The van der Waals surface area contributed by atoms with E-state index in [0.29, 0.717) is 5.92 Å². The molecule has 20 heavy (non-hydrogen) atoms. The van der Waals surface area contributed by atoms with Crippen molar-refractivity contribution in [2.45, 2.75) is 45.8 Å². The van der Waals surface area contributed by atoms with Gasteiger partial charge in [0.1, 0.15) is 0 Å². The molecule has 1 aliphatic rings. The van der Waals surface area contributed by atoms with Crippen LogP contribution in [0.1, 0.15) is 27.7 Å². The van der Waals surface area contributed by atoms with Gasteiger partial charge in [-0.2, -0.15) is 0 Å². The molecule has 0 N–H and O–H groups in total. The average Bonchev–Trinajstić information content (AvgIpc) is 2.70. The first-order valence-corrected chi connectivity index (χ1v) is 10.2. The molecule has 110 valence electrons. The van der Waals surface area contributed by atoms with E-state index < -0.39 is 8.32 Å². The maximum absolute atomic E-state index is 6.37. The van der Waals surface area contributed by atoms with Gasteiger partial charge in [-0.25, -0.2) is 0 Å². The Hall–Kier alpha value is -1.29. The van der Waals surface area contributed by atoms with Gasteiger partial charge in [0.2, 0.25) is 0 Å². The standard InChI is InChI=1S/C16H26N2OSi/c1-13-12-18(14-10-8-7-9-11-14)17-15(13)19-20(5,6)16(2,3)4/h7-11,13H,12H2,1-6H3. The Morgan fingerprint density at radius 1 is 1.20 bits per heavy atom. The minimum absolute atomic E-state index is 0.204. The maximum Gasteiger partial charge on any atom is 0.252 e. The molecule has 0 fully saturated rings. The summed E-state index contributed by atoms with van der Waals surface area (Å²) in [5, 5.41) is 6.95. The molecule has 0 spiro atoms. The molecular weight excluding hydrogens is 264 g/mol. The van der Waals surface area contributed by atoms with Gasteiger partial charge >= 0.3 is 0 Å². The van der Waals surface area contributed by atoms with Crippen LogP contribution >= 0.6 is 0 Å². The second kappa shape index (κ2) is 5.24. The SMILES string of the molecule is CC1CN(c2ccccc2)N=C1O[Si](C)(C)C(C)(C)C. The first-order chi connectivity index (χ1) is 9.21. The lowest BCUT2D eigenvalue weighted by molar-refractivity contribution is 0.462. The quantitative estimate of drug-likeness (QED) is 0.750. The van der Waals surface area contributed by atoms with Crippen LogP contribution in [-0.2, 0) is 4.43 Å². The van der Waals surface area contributed by atoms with Crippen molar-refractivity contribution in [3.63, 3.8) is 0 Å². The van der Waals surface area contributed by atoms with Gasteiger partial charge in [-0.1, -0.05) is 45.9 Å². The van der Waals surface area contributed by atoms with Crippen LogP contribution in [0.3, 0.4) is 0 Å². The summed E-state index contributed by atoms with van der Waals surface area (Å²) in [7, 11) is -1.80. The van der Waals surface area contributed by atoms with E-state index in [-0.39, 0.29) is 5.04 Å². The second-order valence-corrected chi connectivity index (χ2v) is 11.8. The lowest BCUT2D eigenvalue weighted by atomic mass is 10.2. The number of hydrogen-bond donors (Lipinski definition) is 0. The predicted molar refractivity (Wildman–Crippen MR) is 88.7 cm³/mol. The molecule has 0 aromatic heterocycles. The molecule has 0 aliphatic carbocycles. The van der Waals surface area contributed by atoms with E-state index >= 15 is 0 Å². The fourth-order valence-corrected chi connectivity index (χ4v) is 2.97. The number of benzene rings is 1. The number of anilines is 1. The lowest BCUT2D eigenvalue weighted by Crippen LogP contribution is -2.43. The highest BCUT2D eigenvalue weighted by atomic mass is 28.4. The van der Waals surface area contributed by atoms with Crippen LogP contribution in [0.5, 0.6) is 0 Å². The summed E-state index contributed by atoms with van der Waals surface area (Å²) < 4.78 is 6.37. The summed E-state index contributed by atoms with van der Waals surface area (Å²) >= 11 is 0. The molecule has 2 rings (SSSR count). The predicted octanol–water partition coefficient (Wildman–Crippen LogP) is 4.48. The Morgan fingerprint density at radius 2 is 1.80 bits per heavy atom. The van der Waals surface area contributed by atoms with E-state index in [4.69, 9.17) is 9.53 Å². The summed E-state index contributed by atoms with van der Waals surface area (Å²) in [5.41, 5.74) is 1.13. The molecule has 1 heterocycles. The number of rotatable bonds is 2. The average molecular weight is 290 g/mol. The highest BCUT2D eigenvalue weighted by Crippen LogP contribution is 2.38. The summed E-state index contributed by atoms with van der Waals surface area (Å²) in [4.78, 5) is 0. The summed E-state index contributed by atoms with van der Waals surface area (Å²) in [5.74, 6) is 1.25. The molecule has 1 atom stereocenters. The van der Waals surface area contributed by atoms with Crippen molar-refractivity contribution in [1.29, 1.82) is 0 Å². The van der Waals surface area contributed by atoms with Gasteiger partial charge in [0.05, 0.1) is 18.2 Å². The number of hydrogen-bond acceptors (Lipinski definition) is 3. The van der Waals surface area contributed by atoms with Crippen LogP contribution in [0.15, 0.2) is 35.4 Å². The largest absolute Gasteiger partial charge is 0.532 e. The Labute approximate surface area is 123 Å². The molecular formula is C16H26N2OSi. The zero-order chi connectivity index (χ0) is 15.0. The van der Waals surface area contributed by atoms with E-state index in [9.17, 15) is 0 Å². The molecule has 1 aromatic carbocycles. The minimum atomic E-state index is -1.80. The fraction of sp³-hybridized carbons (Fsp3) is 0.562. The van der Waals surface area contributed by atoms with Gasteiger partial charge in [-0.05, 0) is 30.3 Å². The van der Waals surface area contributed by atoms with Crippen LogP contribution in [0.4, 0.5) is 5.69 Å². The third kappa shape index (κ3) is 3.06. The first-order valence-electron chi connectivity index (χ1n) is 7.31. The van der Waals surface area contributed by atoms with E-state index in [1.165, 1.54) is 0 Å². The van der Waals surface area contributed by atoms with Gasteiger partial charge in [0.25, 0.3) is 8.32 Å². The van der Waals surface area contributed by atoms with E-state index in [1.54, 1.807) is 0 Å². The van der Waals surface area contributed by atoms with E-state index in [0.717, 1.165) is 18.1 Å². The van der Waals surface area contributed by atoms with Crippen molar-refractivity contribution in [1.82, 2.24) is 0 Å². The van der Waals surface area contributed by atoms with Crippen molar-refractivity contribution in [2.24, 2.45) is 11.0 Å². The topological polar surface area (TPSA) is 24.8 Å². The Morgan fingerprint density at radius 3 is 2.35 bits per heavy atom. The molecule has 4 heteroatoms. The molecule has 1 aromatic rings. The number of hydrazone groups is 1. The number of nitrogens with zero attached hydrogens (tertiary/aromatic N) is 2. The third-order valence-electron chi connectivity index (χ3n) is 4.31. The van der Waals surface area contributed by atoms with Crippen molar-refractivity contribution in [2.75, 3.05) is 11.6 Å².